The van der Waals surface area contributed by atoms with Crippen LogP contribution in [0.15, 0.2) is 18.2 Å². The lowest BCUT2D eigenvalue weighted by Crippen LogP contribution is -2.35. The van der Waals surface area contributed by atoms with E-state index < -0.39 is 22.4 Å². The Balaban J connectivity index is 1.77. The van der Waals surface area contributed by atoms with Crippen molar-refractivity contribution < 1.29 is 22.8 Å². The Kier molecular flexibility index (Phi) is 4.18. The summed E-state index contributed by atoms with van der Waals surface area (Å²) in [6, 6.07) is 2.57. The molecule has 2 unspecified atom stereocenters. The van der Waals surface area contributed by atoms with Gasteiger partial charge in [-0.15, -0.1) is 0 Å². The highest BCUT2D eigenvalue weighted by Crippen LogP contribution is 2.40. The van der Waals surface area contributed by atoms with E-state index in [4.69, 9.17) is 4.74 Å². The van der Waals surface area contributed by atoms with Crippen LogP contribution in [0, 0.1) is 16.0 Å². The maximum absolute atomic E-state index is 12.7. The summed E-state index contributed by atoms with van der Waals surface area (Å²) in [5, 5.41) is 14.1. The number of anilines is 1. The summed E-state index contributed by atoms with van der Waals surface area (Å²) in [6.45, 7) is 0.563. The second-order valence-corrected chi connectivity index (χ2v) is 6.10. The van der Waals surface area contributed by atoms with Gasteiger partial charge in [-0.1, -0.05) is 0 Å². The molecule has 1 aliphatic heterocycles. The highest BCUT2D eigenvalue weighted by atomic mass is 19.4. The first kappa shape index (κ1) is 16.0. The number of nitro groups is 1. The third-order valence-corrected chi connectivity index (χ3v) is 4.34. The Hall–Kier alpha value is -1.83. The highest BCUT2D eigenvalue weighted by Gasteiger charge is 2.37. The second kappa shape index (κ2) is 5.99. The summed E-state index contributed by atoms with van der Waals surface area (Å²) in [6.07, 6.45) is -0.770. The third kappa shape index (κ3) is 3.74. The minimum Gasteiger partial charge on any atom is -0.378 e. The predicted octanol–water partition coefficient (Wildman–Crippen LogP) is 3.98. The Morgan fingerprint density at radius 1 is 1.26 bits per heavy atom. The van der Waals surface area contributed by atoms with Crippen molar-refractivity contribution >= 4 is 11.4 Å². The molecule has 1 aromatic rings. The van der Waals surface area contributed by atoms with Gasteiger partial charge < -0.3 is 10.1 Å². The maximum atomic E-state index is 12.7. The van der Waals surface area contributed by atoms with Crippen LogP contribution in [0.3, 0.4) is 0 Å². The normalized spacial score (nSPS) is 25.2. The number of halogens is 3. The van der Waals surface area contributed by atoms with Crippen LogP contribution in [0.25, 0.3) is 0 Å². The number of hydrogen-bond acceptors (Lipinski definition) is 4. The second-order valence-electron chi connectivity index (χ2n) is 6.10. The number of benzene rings is 1. The molecule has 126 valence electrons. The predicted molar refractivity (Wildman–Crippen MR) is 77.2 cm³/mol. The van der Waals surface area contributed by atoms with Crippen molar-refractivity contribution in [1.29, 1.82) is 0 Å². The summed E-state index contributed by atoms with van der Waals surface area (Å²) in [7, 11) is 0. The molecule has 1 saturated carbocycles. The minimum absolute atomic E-state index is 0.0233. The molecular weight excluding hydrogens is 313 g/mol. The van der Waals surface area contributed by atoms with E-state index in [1.165, 1.54) is 0 Å². The lowest BCUT2D eigenvalue weighted by Gasteiger charge is -2.30. The number of hydrogen-bond donors (Lipinski definition) is 1. The van der Waals surface area contributed by atoms with Gasteiger partial charge in [0.05, 0.1) is 16.6 Å². The molecule has 5 nitrogen and oxygen atoms in total. The summed E-state index contributed by atoms with van der Waals surface area (Å²) in [5.74, 6) is 0.558. The number of rotatable bonds is 4. The summed E-state index contributed by atoms with van der Waals surface area (Å²) < 4.78 is 43.8. The molecular formula is C15H17F3N2O3. The van der Waals surface area contributed by atoms with Gasteiger partial charge in [-0.25, -0.2) is 0 Å². The van der Waals surface area contributed by atoms with E-state index >= 15 is 0 Å². The minimum atomic E-state index is -4.60. The van der Waals surface area contributed by atoms with Crippen LogP contribution in [-0.2, 0) is 10.9 Å². The summed E-state index contributed by atoms with van der Waals surface area (Å²) in [4.78, 5) is 10.3. The molecule has 23 heavy (non-hydrogen) atoms. The van der Waals surface area contributed by atoms with Gasteiger partial charge in [0.2, 0.25) is 0 Å². The van der Waals surface area contributed by atoms with Crippen molar-refractivity contribution in [3.8, 4) is 0 Å². The standard InChI is InChI=1S/C15H17F3N2O3/c16-15(17,18)10-3-4-12(13(7-10)20(21)22)19-11-5-6-23-14(8-11)9-1-2-9/h3-4,7,9,11,14,19H,1-2,5-6,8H2. The number of ether oxygens (including phenoxy) is 1. The van der Waals surface area contributed by atoms with Crippen LogP contribution in [0.5, 0.6) is 0 Å². The molecule has 1 heterocycles. The summed E-state index contributed by atoms with van der Waals surface area (Å²) in [5.41, 5.74) is -1.43. The van der Waals surface area contributed by atoms with Crippen molar-refractivity contribution in [2.24, 2.45) is 5.92 Å². The molecule has 0 spiro atoms. The zero-order valence-corrected chi connectivity index (χ0v) is 12.3. The average Bonchev–Trinajstić information content (AvgIpc) is 3.31. The SMILES string of the molecule is O=[N+]([O-])c1cc(C(F)(F)F)ccc1NC1CCOC(C2CC2)C1. The van der Waals surface area contributed by atoms with E-state index in [2.05, 4.69) is 5.32 Å². The number of nitrogens with zero attached hydrogens (tertiary/aromatic N) is 1. The first-order valence-electron chi connectivity index (χ1n) is 7.58. The quantitative estimate of drug-likeness (QED) is 0.670. The topological polar surface area (TPSA) is 64.4 Å². The van der Waals surface area contributed by atoms with Crippen molar-refractivity contribution in [2.45, 2.75) is 44.0 Å². The van der Waals surface area contributed by atoms with Crippen molar-refractivity contribution in [3.63, 3.8) is 0 Å². The molecule has 1 aromatic carbocycles. The average molecular weight is 330 g/mol. The first-order chi connectivity index (χ1) is 10.8. The zero-order valence-electron chi connectivity index (χ0n) is 12.3. The Morgan fingerprint density at radius 2 is 2.00 bits per heavy atom. The van der Waals surface area contributed by atoms with Crippen LogP contribution in [0.2, 0.25) is 0 Å². The van der Waals surface area contributed by atoms with E-state index in [9.17, 15) is 23.3 Å². The van der Waals surface area contributed by atoms with Crippen molar-refractivity contribution in [3.05, 3.63) is 33.9 Å². The monoisotopic (exact) mass is 330 g/mol. The number of alkyl halides is 3. The Morgan fingerprint density at radius 3 is 2.61 bits per heavy atom. The molecule has 8 heteroatoms. The number of nitro benzene ring substituents is 1. The molecule has 0 amide bonds. The van der Waals surface area contributed by atoms with Crippen molar-refractivity contribution in [1.82, 2.24) is 0 Å². The van der Waals surface area contributed by atoms with Gasteiger partial charge in [0.15, 0.2) is 0 Å². The molecule has 1 aliphatic carbocycles. The molecule has 2 atom stereocenters. The van der Waals surface area contributed by atoms with Crippen LogP contribution in [0.1, 0.15) is 31.2 Å². The molecule has 0 bridgehead atoms. The first-order valence-corrected chi connectivity index (χ1v) is 7.58. The fraction of sp³-hybridized carbons (Fsp3) is 0.600. The molecule has 0 radical (unpaired) electrons. The fourth-order valence-electron chi connectivity index (χ4n) is 2.96. The third-order valence-electron chi connectivity index (χ3n) is 4.34. The van der Waals surface area contributed by atoms with E-state index in [0.29, 0.717) is 25.0 Å². The van der Waals surface area contributed by atoms with Crippen molar-refractivity contribution in [2.75, 3.05) is 11.9 Å². The molecule has 1 N–H and O–H groups in total. The van der Waals surface area contributed by atoms with Crippen LogP contribution >= 0.6 is 0 Å². The van der Waals surface area contributed by atoms with Crippen LogP contribution < -0.4 is 5.32 Å². The number of nitrogens with one attached hydrogen (secondary N) is 1. The fourth-order valence-corrected chi connectivity index (χ4v) is 2.96. The van der Waals surface area contributed by atoms with E-state index in [1.54, 1.807) is 0 Å². The van der Waals surface area contributed by atoms with Gasteiger partial charge in [0, 0.05) is 18.7 Å². The lowest BCUT2D eigenvalue weighted by molar-refractivity contribution is -0.384. The molecule has 1 saturated heterocycles. The molecule has 3 rings (SSSR count). The van der Waals surface area contributed by atoms with Crippen LogP contribution in [-0.4, -0.2) is 23.7 Å². The highest BCUT2D eigenvalue weighted by molar-refractivity contribution is 5.63. The van der Waals surface area contributed by atoms with E-state index in [1.807, 2.05) is 0 Å². The Bertz CT molecular complexity index is 602. The van der Waals surface area contributed by atoms with E-state index in [0.717, 1.165) is 31.4 Å². The van der Waals surface area contributed by atoms with E-state index in [-0.39, 0.29) is 17.8 Å². The Labute approximate surface area is 131 Å². The largest absolute Gasteiger partial charge is 0.416 e. The van der Waals surface area contributed by atoms with Gasteiger partial charge in [-0.2, -0.15) is 13.2 Å². The smallest absolute Gasteiger partial charge is 0.378 e. The van der Waals surface area contributed by atoms with Crippen LogP contribution in [0.4, 0.5) is 24.5 Å². The molecule has 2 fully saturated rings. The maximum Gasteiger partial charge on any atom is 0.416 e. The van der Waals surface area contributed by atoms with Gasteiger partial charge in [0.25, 0.3) is 5.69 Å². The van der Waals surface area contributed by atoms with Gasteiger partial charge in [-0.05, 0) is 43.7 Å². The van der Waals surface area contributed by atoms with Gasteiger partial charge >= 0.3 is 6.18 Å². The molecule has 0 aromatic heterocycles. The molecule has 2 aliphatic rings. The zero-order chi connectivity index (χ0) is 16.6. The summed E-state index contributed by atoms with van der Waals surface area (Å²) >= 11 is 0. The van der Waals surface area contributed by atoms with Gasteiger partial charge in [-0.3, -0.25) is 10.1 Å². The van der Waals surface area contributed by atoms with Gasteiger partial charge in [0.1, 0.15) is 5.69 Å². The lowest BCUT2D eigenvalue weighted by atomic mass is 9.99.